The fourth-order valence-corrected chi connectivity index (χ4v) is 1.48. The third-order valence-corrected chi connectivity index (χ3v) is 2.26. The SMILES string of the molecule is CC(=O)Nc1cccnc1.COc1ncccc1NC(C)=O. The van der Waals surface area contributed by atoms with E-state index < -0.39 is 0 Å². The summed E-state index contributed by atoms with van der Waals surface area (Å²) >= 11 is 0. The highest BCUT2D eigenvalue weighted by Gasteiger charge is 2.02. The zero-order valence-electron chi connectivity index (χ0n) is 12.7. The van der Waals surface area contributed by atoms with E-state index in [1.54, 1.807) is 42.9 Å². The van der Waals surface area contributed by atoms with Gasteiger partial charge in [-0.15, -0.1) is 0 Å². The average molecular weight is 302 g/mol. The molecule has 7 heteroatoms. The van der Waals surface area contributed by atoms with E-state index in [4.69, 9.17) is 4.74 Å². The molecule has 0 aliphatic heterocycles. The van der Waals surface area contributed by atoms with Gasteiger partial charge in [-0.25, -0.2) is 4.98 Å². The number of pyridine rings is 2. The number of carbonyl (C=O) groups is 2. The standard InChI is InChI=1S/C8H10N2O2.C7H8N2O/c1-6(11)10-7-4-3-5-9-8(7)12-2;1-6(10)9-7-3-2-4-8-5-7/h3-5H,1-2H3,(H,10,11);2-5H,1H3,(H,9,10). The van der Waals surface area contributed by atoms with Crippen LogP contribution in [0.5, 0.6) is 5.88 Å². The van der Waals surface area contributed by atoms with Crippen molar-refractivity contribution in [2.24, 2.45) is 0 Å². The molecule has 0 saturated carbocycles. The monoisotopic (exact) mass is 302 g/mol. The van der Waals surface area contributed by atoms with E-state index in [1.165, 1.54) is 21.0 Å². The van der Waals surface area contributed by atoms with E-state index in [9.17, 15) is 9.59 Å². The molecule has 2 N–H and O–H groups in total. The van der Waals surface area contributed by atoms with Gasteiger partial charge in [-0.2, -0.15) is 0 Å². The first-order chi connectivity index (χ1) is 10.5. The lowest BCUT2D eigenvalue weighted by Gasteiger charge is -2.05. The highest BCUT2D eigenvalue weighted by molar-refractivity contribution is 5.90. The van der Waals surface area contributed by atoms with Crippen LogP contribution >= 0.6 is 0 Å². The van der Waals surface area contributed by atoms with E-state index in [0.29, 0.717) is 11.6 Å². The maximum atomic E-state index is 10.7. The van der Waals surface area contributed by atoms with Gasteiger partial charge < -0.3 is 15.4 Å². The highest BCUT2D eigenvalue weighted by atomic mass is 16.5. The number of anilines is 2. The highest BCUT2D eigenvalue weighted by Crippen LogP contribution is 2.19. The molecule has 0 aliphatic rings. The van der Waals surface area contributed by atoms with Crippen molar-refractivity contribution < 1.29 is 14.3 Å². The molecule has 0 fully saturated rings. The molecule has 7 nitrogen and oxygen atoms in total. The number of hydrogen-bond donors (Lipinski definition) is 2. The molecule has 0 aromatic carbocycles. The minimum Gasteiger partial charge on any atom is -0.480 e. The number of carbonyl (C=O) groups excluding carboxylic acids is 2. The molecule has 0 saturated heterocycles. The third-order valence-electron chi connectivity index (χ3n) is 2.26. The summed E-state index contributed by atoms with van der Waals surface area (Å²) in [5, 5.41) is 5.20. The van der Waals surface area contributed by atoms with Crippen molar-refractivity contribution in [2.45, 2.75) is 13.8 Å². The maximum absolute atomic E-state index is 10.7. The van der Waals surface area contributed by atoms with Crippen LogP contribution in [0.3, 0.4) is 0 Å². The van der Waals surface area contributed by atoms with Gasteiger partial charge in [0, 0.05) is 26.2 Å². The predicted octanol–water partition coefficient (Wildman–Crippen LogP) is 2.09. The minimum atomic E-state index is -0.138. The van der Waals surface area contributed by atoms with Gasteiger partial charge in [0.2, 0.25) is 17.7 Å². The summed E-state index contributed by atoms with van der Waals surface area (Å²) in [7, 11) is 1.51. The molecule has 2 aromatic rings. The molecular formula is C15H18N4O3. The number of methoxy groups -OCH3 is 1. The first-order valence-electron chi connectivity index (χ1n) is 6.47. The second-order valence-electron chi connectivity index (χ2n) is 4.16. The number of rotatable bonds is 3. The molecule has 2 aromatic heterocycles. The van der Waals surface area contributed by atoms with Crippen LogP contribution < -0.4 is 15.4 Å². The molecule has 116 valence electrons. The van der Waals surface area contributed by atoms with Gasteiger partial charge in [0.05, 0.1) is 19.0 Å². The van der Waals surface area contributed by atoms with Gasteiger partial charge in [-0.05, 0) is 24.3 Å². The van der Waals surface area contributed by atoms with Gasteiger partial charge >= 0.3 is 0 Å². The molecule has 2 heterocycles. The lowest BCUT2D eigenvalue weighted by atomic mass is 10.4. The van der Waals surface area contributed by atoms with Crippen molar-refractivity contribution in [1.29, 1.82) is 0 Å². The van der Waals surface area contributed by atoms with E-state index in [2.05, 4.69) is 20.6 Å². The van der Waals surface area contributed by atoms with Crippen molar-refractivity contribution in [3.63, 3.8) is 0 Å². The number of aromatic nitrogens is 2. The molecule has 2 rings (SSSR count). The number of amides is 2. The molecule has 0 spiro atoms. The lowest BCUT2D eigenvalue weighted by molar-refractivity contribution is -0.115. The van der Waals surface area contributed by atoms with Crippen LogP contribution in [0.2, 0.25) is 0 Å². The average Bonchev–Trinajstić information content (AvgIpc) is 2.48. The zero-order valence-corrected chi connectivity index (χ0v) is 12.7. The lowest BCUT2D eigenvalue weighted by Crippen LogP contribution is -2.07. The fraction of sp³-hybridized carbons (Fsp3) is 0.200. The molecule has 0 radical (unpaired) electrons. The Kier molecular flexibility index (Phi) is 7.04. The quantitative estimate of drug-likeness (QED) is 0.905. The van der Waals surface area contributed by atoms with Crippen molar-refractivity contribution in [1.82, 2.24) is 9.97 Å². The van der Waals surface area contributed by atoms with Gasteiger partial charge in [-0.1, -0.05) is 0 Å². The van der Waals surface area contributed by atoms with Gasteiger partial charge in [0.25, 0.3) is 0 Å². The van der Waals surface area contributed by atoms with Crippen molar-refractivity contribution >= 4 is 23.2 Å². The van der Waals surface area contributed by atoms with E-state index in [1.807, 2.05) is 0 Å². The number of nitrogens with one attached hydrogen (secondary N) is 2. The van der Waals surface area contributed by atoms with Crippen molar-refractivity contribution in [2.75, 3.05) is 17.7 Å². The number of hydrogen-bond acceptors (Lipinski definition) is 5. The number of nitrogens with zero attached hydrogens (tertiary/aromatic N) is 2. The van der Waals surface area contributed by atoms with Gasteiger partial charge in [0.15, 0.2) is 0 Å². The Morgan fingerprint density at radius 3 is 2.27 bits per heavy atom. The molecule has 0 atom stereocenters. The number of ether oxygens (including phenoxy) is 1. The van der Waals surface area contributed by atoms with Crippen LogP contribution in [-0.2, 0) is 9.59 Å². The summed E-state index contributed by atoms with van der Waals surface area (Å²) in [5.74, 6) is 0.210. The molecule has 0 unspecified atom stereocenters. The van der Waals surface area contributed by atoms with Crippen LogP contribution in [0.25, 0.3) is 0 Å². The Morgan fingerprint density at radius 1 is 1.05 bits per heavy atom. The van der Waals surface area contributed by atoms with Crippen molar-refractivity contribution in [3.05, 3.63) is 42.9 Å². The first-order valence-corrected chi connectivity index (χ1v) is 6.47. The Labute approximate surface area is 128 Å². The Bertz CT molecular complexity index is 617. The van der Waals surface area contributed by atoms with Crippen molar-refractivity contribution in [3.8, 4) is 5.88 Å². The van der Waals surface area contributed by atoms with Crippen LogP contribution in [0.4, 0.5) is 11.4 Å². The summed E-state index contributed by atoms with van der Waals surface area (Å²) in [6.45, 7) is 2.90. The second-order valence-corrected chi connectivity index (χ2v) is 4.16. The van der Waals surface area contributed by atoms with Gasteiger partial charge in [-0.3, -0.25) is 14.6 Å². The van der Waals surface area contributed by atoms with E-state index in [-0.39, 0.29) is 11.8 Å². The predicted molar refractivity (Wildman–Crippen MR) is 83.6 cm³/mol. The smallest absolute Gasteiger partial charge is 0.237 e. The van der Waals surface area contributed by atoms with E-state index in [0.717, 1.165) is 5.69 Å². The Hall–Kier alpha value is -2.96. The van der Waals surface area contributed by atoms with E-state index >= 15 is 0 Å². The second kappa shape index (κ2) is 9.06. The minimum absolute atomic E-state index is 0.0759. The van der Waals surface area contributed by atoms with Crippen LogP contribution in [0, 0.1) is 0 Å². The Morgan fingerprint density at radius 2 is 1.73 bits per heavy atom. The third kappa shape index (κ3) is 6.47. The molecule has 0 aliphatic carbocycles. The van der Waals surface area contributed by atoms with Crippen LogP contribution in [0.1, 0.15) is 13.8 Å². The van der Waals surface area contributed by atoms with Crippen LogP contribution in [-0.4, -0.2) is 28.9 Å². The normalized spacial score (nSPS) is 9.05. The first kappa shape index (κ1) is 17.1. The fourth-order valence-electron chi connectivity index (χ4n) is 1.48. The van der Waals surface area contributed by atoms with Gasteiger partial charge in [0.1, 0.15) is 5.69 Å². The topological polar surface area (TPSA) is 93.2 Å². The summed E-state index contributed by atoms with van der Waals surface area (Å²) in [6, 6.07) is 7.01. The Balaban J connectivity index is 0.000000224. The summed E-state index contributed by atoms with van der Waals surface area (Å²) in [4.78, 5) is 28.9. The van der Waals surface area contributed by atoms with Crippen LogP contribution in [0.15, 0.2) is 42.9 Å². The summed E-state index contributed by atoms with van der Waals surface area (Å²) < 4.78 is 4.92. The summed E-state index contributed by atoms with van der Waals surface area (Å²) in [6.07, 6.45) is 4.86. The maximum Gasteiger partial charge on any atom is 0.237 e. The molecule has 22 heavy (non-hydrogen) atoms. The molecule has 0 bridgehead atoms. The molecular weight excluding hydrogens is 284 g/mol. The zero-order chi connectivity index (χ0) is 16.4. The summed E-state index contributed by atoms with van der Waals surface area (Å²) in [5.41, 5.74) is 1.32. The largest absolute Gasteiger partial charge is 0.480 e. The molecule has 2 amide bonds.